The van der Waals surface area contributed by atoms with Crippen LogP contribution in [-0.2, 0) is 51.7 Å². The highest BCUT2D eigenvalue weighted by Crippen LogP contribution is 2.46. The van der Waals surface area contributed by atoms with E-state index in [0.29, 0.717) is 51.8 Å². The Morgan fingerprint density at radius 1 is 0.961 bits per heavy atom. The summed E-state index contributed by atoms with van der Waals surface area (Å²) >= 11 is 0. The molecular formula is C35H45N5O10S. The second kappa shape index (κ2) is 14.4. The van der Waals surface area contributed by atoms with E-state index in [-0.39, 0.29) is 32.4 Å². The van der Waals surface area contributed by atoms with Crippen molar-refractivity contribution in [2.75, 3.05) is 19.8 Å². The number of alkyl carbamates (subject to hydrolysis) is 1. The Labute approximate surface area is 296 Å². The number of carbonyl (C=O) groups is 5. The van der Waals surface area contributed by atoms with Gasteiger partial charge in [0.15, 0.2) is 0 Å². The molecule has 2 saturated carbocycles. The van der Waals surface area contributed by atoms with E-state index < -0.39 is 80.9 Å². The first-order chi connectivity index (χ1) is 24.5. The predicted octanol–water partition coefficient (Wildman–Crippen LogP) is 2.00. The molecule has 0 bridgehead atoms. The SMILES string of the molecule is O=C(N[C@H]1CCCCC/C=C/[C@@H]2C[C@@]2(C(=O)NS(=O)(=O)C2CC2)NC(=O)[C@@H]2C[C@@H](OC(=O)N3Cc4ccccc4C3)CN2C1=O)O[C@H]1CCOC1. The Bertz CT molecular complexity index is 1670. The summed E-state index contributed by atoms with van der Waals surface area (Å²) in [5.41, 5.74) is 0.493. The van der Waals surface area contributed by atoms with E-state index in [1.54, 1.807) is 4.90 Å². The molecule has 4 aliphatic heterocycles. The Balaban J connectivity index is 1.12. The zero-order valence-corrected chi connectivity index (χ0v) is 29.2. The number of rotatable bonds is 6. The van der Waals surface area contributed by atoms with Crippen LogP contribution >= 0.6 is 0 Å². The van der Waals surface area contributed by atoms with E-state index in [1.807, 2.05) is 36.4 Å². The summed E-state index contributed by atoms with van der Waals surface area (Å²) in [6.45, 7) is 1.35. The molecule has 0 radical (unpaired) electrons. The zero-order chi connectivity index (χ0) is 35.8. The van der Waals surface area contributed by atoms with Gasteiger partial charge >= 0.3 is 12.2 Å². The lowest BCUT2D eigenvalue weighted by atomic mass is 10.0. The average molecular weight is 728 g/mol. The molecule has 4 heterocycles. The molecule has 1 aromatic rings. The van der Waals surface area contributed by atoms with Crippen LogP contribution in [0.3, 0.4) is 0 Å². The van der Waals surface area contributed by atoms with Crippen LogP contribution in [0.2, 0.25) is 0 Å². The van der Waals surface area contributed by atoms with Gasteiger partial charge < -0.3 is 29.7 Å². The number of sulfonamides is 1. The Hall–Kier alpha value is -4.18. The lowest BCUT2D eigenvalue weighted by molar-refractivity contribution is -0.141. The third-order valence-corrected chi connectivity index (χ3v) is 12.5. The van der Waals surface area contributed by atoms with Crippen LogP contribution in [0.15, 0.2) is 36.4 Å². The first-order valence-electron chi connectivity index (χ1n) is 17.9. The second-order valence-corrected chi connectivity index (χ2v) is 16.4. The van der Waals surface area contributed by atoms with Crippen LogP contribution in [-0.4, -0.2) is 103 Å². The lowest BCUT2D eigenvalue weighted by Crippen LogP contribution is -2.58. The molecule has 0 aromatic heterocycles. The largest absolute Gasteiger partial charge is 0.444 e. The number of carbonyl (C=O) groups excluding carboxylic acids is 5. The number of nitrogens with zero attached hydrogens (tertiary/aromatic N) is 2. The summed E-state index contributed by atoms with van der Waals surface area (Å²) < 4.78 is 44.4. The van der Waals surface area contributed by atoms with E-state index in [9.17, 15) is 32.4 Å². The molecule has 4 fully saturated rings. The molecule has 7 rings (SSSR count). The van der Waals surface area contributed by atoms with Gasteiger partial charge in [-0.05, 0) is 49.7 Å². The first-order valence-corrected chi connectivity index (χ1v) is 19.5. The molecule has 15 nitrogen and oxygen atoms in total. The summed E-state index contributed by atoms with van der Waals surface area (Å²) in [6, 6.07) is 5.48. The molecule has 1 aromatic carbocycles. The third kappa shape index (κ3) is 7.86. The van der Waals surface area contributed by atoms with Crippen LogP contribution in [0.25, 0.3) is 0 Å². The third-order valence-electron chi connectivity index (χ3n) is 10.7. The van der Waals surface area contributed by atoms with Crippen molar-refractivity contribution < 1.29 is 46.6 Å². The summed E-state index contributed by atoms with van der Waals surface area (Å²) in [4.78, 5) is 71.3. The lowest BCUT2D eigenvalue weighted by Gasteiger charge is -2.30. The molecule has 16 heteroatoms. The van der Waals surface area contributed by atoms with Gasteiger partial charge in [0, 0.05) is 31.8 Å². The molecule has 276 valence electrons. The van der Waals surface area contributed by atoms with Gasteiger partial charge in [-0.3, -0.25) is 24.0 Å². The second-order valence-electron chi connectivity index (χ2n) is 14.5. The van der Waals surface area contributed by atoms with Crippen molar-refractivity contribution in [3.8, 4) is 0 Å². The zero-order valence-electron chi connectivity index (χ0n) is 28.4. The molecule has 6 aliphatic rings. The number of fused-ring (bicyclic) bond motifs is 3. The van der Waals surface area contributed by atoms with Crippen molar-refractivity contribution in [2.45, 2.75) is 112 Å². The fourth-order valence-electron chi connectivity index (χ4n) is 7.46. The van der Waals surface area contributed by atoms with Crippen LogP contribution in [0, 0.1) is 5.92 Å². The van der Waals surface area contributed by atoms with E-state index in [2.05, 4.69) is 15.4 Å². The number of benzene rings is 1. The van der Waals surface area contributed by atoms with Gasteiger partial charge in [-0.15, -0.1) is 0 Å². The standard InChI is InChI=1S/C35H45N5O10S/c41-30-29-16-26(50-34(45)39-18-22-8-6-7-9-23(22)19-39)20-40(29)31(42)28(36-33(44)49-25-14-15-48-21-25)11-5-3-1-2-4-10-24-17-35(24,37-30)32(43)38-51(46,47)27-12-13-27/h4,6-10,24-29H,1-3,5,11-21H2,(H,36,44)(H,37,41)(H,38,43)/b10-4+/t24-,25+,26-,28+,29+,35-/m1/s1. The highest BCUT2D eigenvalue weighted by Gasteiger charge is 2.62. The summed E-state index contributed by atoms with van der Waals surface area (Å²) in [5, 5.41) is 4.89. The Morgan fingerprint density at radius 3 is 2.43 bits per heavy atom. The number of nitrogens with one attached hydrogen (secondary N) is 3. The summed E-state index contributed by atoms with van der Waals surface area (Å²) in [7, 11) is -3.90. The molecule has 5 amide bonds. The van der Waals surface area contributed by atoms with Gasteiger partial charge in [-0.1, -0.05) is 49.3 Å². The van der Waals surface area contributed by atoms with Gasteiger partial charge in [0.2, 0.25) is 21.8 Å². The topological polar surface area (TPSA) is 190 Å². The summed E-state index contributed by atoms with van der Waals surface area (Å²) in [6.07, 6.45) is 5.82. The van der Waals surface area contributed by atoms with Crippen LogP contribution in [0.1, 0.15) is 75.3 Å². The maximum absolute atomic E-state index is 14.3. The van der Waals surface area contributed by atoms with Crippen molar-refractivity contribution in [1.29, 1.82) is 0 Å². The van der Waals surface area contributed by atoms with E-state index in [0.717, 1.165) is 24.0 Å². The molecule has 51 heavy (non-hydrogen) atoms. The van der Waals surface area contributed by atoms with Crippen LogP contribution in [0.4, 0.5) is 9.59 Å². The molecule has 3 N–H and O–H groups in total. The van der Waals surface area contributed by atoms with Crippen molar-refractivity contribution in [2.24, 2.45) is 5.92 Å². The molecule has 2 aliphatic carbocycles. The van der Waals surface area contributed by atoms with Crippen LogP contribution in [0.5, 0.6) is 0 Å². The quantitative estimate of drug-likeness (QED) is 0.366. The Kier molecular flexibility index (Phi) is 9.98. The maximum Gasteiger partial charge on any atom is 0.410 e. The predicted molar refractivity (Wildman–Crippen MR) is 180 cm³/mol. The fourth-order valence-corrected chi connectivity index (χ4v) is 8.82. The highest BCUT2D eigenvalue weighted by atomic mass is 32.2. The van der Waals surface area contributed by atoms with Crippen molar-refractivity contribution in [1.82, 2.24) is 25.2 Å². The minimum Gasteiger partial charge on any atom is -0.444 e. The minimum atomic E-state index is -3.90. The van der Waals surface area contributed by atoms with E-state index in [1.165, 1.54) is 4.90 Å². The van der Waals surface area contributed by atoms with Gasteiger partial charge in [0.1, 0.15) is 29.8 Å². The van der Waals surface area contributed by atoms with E-state index >= 15 is 0 Å². The average Bonchev–Trinajstić information content (AvgIpc) is 3.88. The minimum absolute atomic E-state index is 0.0563. The molecule has 2 saturated heterocycles. The highest BCUT2D eigenvalue weighted by molar-refractivity contribution is 7.91. The normalized spacial score (nSPS) is 31.6. The Morgan fingerprint density at radius 2 is 1.73 bits per heavy atom. The van der Waals surface area contributed by atoms with Crippen molar-refractivity contribution >= 4 is 39.9 Å². The first kappa shape index (κ1) is 35.2. The molecular weight excluding hydrogens is 682 g/mol. The van der Waals surface area contributed by atoms with Gasteiger partial charge in [-0.2, -0.15) is 0 Å². The number of ether oxygens (including phenoxy) is 3. The molecule has 0 unspecified atom stereocenters. The molecule has 6 atom stereocenters. The smallest absolute Gasteiger partial charge is 0.410 e. The fraction of sp³-hybridized carbons (Fsp3) is 0.629. The van der Waals surface area contributed by atoms with Gasteiger partial charge in [0.25, 0.3) is 5.91 Å². The molecule has 0 spiro atoms. The van der Waals surface area contributed by atoms with Crippen LogP contribution < -0.4 is 15.4 Å². The number of hydrogen-bond acceptors (Lipinski definition) is 10. The number of amides is 5. The summed E-state index contributed by atoms with van der Waals surface area (Å²) in [5.74, 6) is -2.48. The van der Waals surface area contributed by atoms with Crippen molar-refractivity contribution in [3.63, 3.8) is 0 Å². The maximum atomic E-state index is 14.3. The van der Waals surface area contributed by atoms with E-state index in [4.69, 9.17) is 14.2 Å². The number of hydrogen-bond donors (Lipinski definition) is 3. The monoisotopic (exact) mass is 727 g/mol. The van der Waals surface area contributed by atoms with Gasteiger partial charge in [0.05, 0.1) is 25.0 Å². The van der Waals surface area contributed by atoms with Crippen molar-refractivity contribution in [3.05, 3.63) is 47.5 Å². The van der Waals surface area contributed by atoms with Gasteiger partial charge in [-0.25, -0.2) is 18.0 Å². The number of allylic oxidation sites excluding steroid dienone is 1.